The van der Waals surface area contributed by atoms with Gasteiger partial charge in [-0.2, -0.15) is 0 Å². The quantitative estimate of drug-likeness (QED) is 0.594. The monoisotopic (exact) mass is 258 g/mol. The van der Waals surface area contributed by atoms with Gasteiger partial charge < -0.3 is 15.7 Å². The van der Waals surface area contributed by atoms with E-state index in [9.17, 15) is 9.59 Å². The van der Waals surface area contributed by atoms with E-state index in [2.05, 4.69) is 24.5 Å². The van der Waals surface area contributed by atoms with Gasteiger partial charge in [-0.25, -0.2) is 4.79 Å². The molecule has 0 aliphatic heterocycles. The Bertz CT molecular complexity index is 257. The van der Waals surface area contributed by atoms with E-state index >= 15 is 0 Å². The largest absolute Gasteiger partial charge is 0.481 e. The van der Waals surface area contributed by atoms with E-state index < -0.39 is 5.97 Å². The van der Waals surface area contributed by atoms with Gasteiger partial charge in [0.25, 0.3) is 0 Å². The second kappa shape index (κ2) is 9.74. The lowest BCUT2D eigenvalue weighted by molar-refractivity contribution is -0.137. The van der Waals surface area contributed by atoms with Crippen molar-refractivity contribution in [1.82, 2.24) is 10.6 Å². The highest BCUT2D eigenvalue weighted by Crippen LogP contribution is 2.10. The van der Waals surface area contributed by atoms with E-state index in [0.29, 0.717) is 12.5 Å². The number of carboxylic acids is 1. The molecule has 0 aliphatic rings. The first-order valence-corrected chi connectivity index (χ1v) is 6.75. The summed E-state index contributed by atoms with van der Waals surface area (Å²) < 4.78 is 0. The zero-order valence-electron chi connectivity index (χ0n) is 11.7. The van der Waals surface area contributed by atoms with Gasteiger partial charge in [0.05, 0.1) is 6.42 Å². The third-order valence-electron chi connectivity index (χ3n) is 2.95. The molecule has 2 atom stereocenters. The molecule has 0 radical (unpaired) electrons. The summed E-state index contributed by atoms with van der Waals surface area (Å²) in [7, 11) is 0. The molecule has 0 fully saturated rings. The van der Waals surface area contributed by atoms with Crippen LogP contribution in [0.5, 0.6) is 0 Å². The minimum absolute atomic E-state index is 0.0551. The van der Waals surface area contributed by atoms with Crippen LogP contribution in [0.3, 0.4) is 0 Å². The molecule has 0 aromatic rings. The summed E-state index contributed by atoms with van der Waals surface area (Å²) in [6.07, 6.45) is 4.46. The van der Waals surface area contributed by atoms with Gasteiger partial charge in [0.15, 0.2) is 0 Å². The normalized spacial score (nSPS) is 13.7. The van der Waals surface area contributed by atoms with E-state index in [0.717, 1.165) is 12.8 Å². The number of carbonyl (C=O) groups excluding carboxylic acids is 1. The number of unbranched alkanes of at least 4 members (excludes halogenated alkanes) is 1. The van der Waals surface area contributed by atoms with Gasteiger partial charge >= 0.3 is 12.0 Å². The molecular weight excluding hydrogens is 232 g/mol. The number of hydrogen-bond donors (Lipinski definition) is 3. The Hall–Kier alpha value is -1.26. The molecule has 0 saturated heterocycles. The molecule has 2 amide bonds. The number of carboxylic acid groups (broad SMARTS) is 1. The molecule has 0 heterocycles. The Balaban J connectivity index is 3.82. The number of urea groups is 1. The Morgan fingerprint density at radius 3 is 2.44 bits per heavy atom. The Morgan fingerprint density at radius 1 is 1.28 bits per heavy atom. The van der Waals surface area contributed by atoms with Gasteiger partial charge in [0.1, 0.15) is 0 Å². The lowest BCUT2D eigenvalue weighted by Gasteiger charge is -2.17. The second-order valence-corrected chi connectivity index (χ2v) is 4.77. The Kier molecular flexibility index (Phi) is 9.06. The molecule has 5 heteroatoms. The molecule has 5 nitrogen and oxygen atoms in total. The molecule has 3 N–H and O–H groups in total. The lowest BCUT2D eigenvalue weighted by Crippen LogP contribution is -2.43. The van der Waals surface area contributed by atoms with Crippen LogP contribution in [0.25, 0.3) is 0 Å². The van der Waals surface area contributed by atoms with Crippen molar-refractivity contribution < 1.29 is 14.7 Å². The minimum atomic E-state index is -0.905. The first-order valence-electron chi connectivity index (χ1n) is 6.75. The molecule has 18 heavy (non-hydrogen) atoms. The minimum Gasteiger partial charge on any atom is -0.481 e. The van der Waals surface area contributed by atoms with E-state index in [-0.39, 0.29) is 18.5 Å². The number of hydrogen-bond acceptors (Lipinski definition) is 2. The fourth-order valence-electron chi connectivity index (χ4n) is 1.77. The third-order valence-corrected chi connectivity index (χ3v) is 2.95. The highest BCUT2D eigenvalue weighted by molar-refractivity contribution is 5.75. The number of aliphatic carboxylic acids is 1. The molecule has 0 aromatic carbocycles. The molecule has 106 valence electrons. The van der Waals surface area contributed by atoms with Crippen LogP contribution < -0.4 is 10.6 Å². The van der Waals surface area contributed by atoms with Gasteiger partial charge in [-0.05, 0) is 19.3 Å². The first kappa shape index (κ1) is 16.7. The average molecular weight is 258 g/mol. The second-order valence-electron chi connectivity index (χ2n) is 4.77. The molecule has 0 bridgehead atoms. The van der Waals surface area contributed by atoms with Crippen molar-refractivity contribution in [3.8, 4) is 0 Å². The summed E-state index contributed by atoms with van der Waals surface area (Å²) in [4.78, 5) is 22.0. The summed E-state index contributed by atoms with van der Waals surface area (Å²) >= 11 is 0. The number of carbonyl (C=O) groups is 2. The van der Waals surface area contributed by atoms with Crippen LogP contribution in [0.1, 0.15) is 52.9 Å². The summed E-state index contributed by atoms with van der Waals surface area (Å²) in [5.74, 6) is -0.400. The van der Waals surface area contributed by atoms with Gasteiger partial charge in [0, 0.05) is 12.6 Å². The van der Waals surface area contributed by atoms with E-state index in [1.165, 1.54) is 12.8 Å². The van der Waals surface area contributed by atoms with E-state index in [1.807, 2.05) is 0 Å². The van der Waals surface area contributed by atoms with Crippen LogP contribution in [0.15, 0.2) is 0 Å². The van der Waals surface area contributed by atoms with Crippen LogP contribution >= 0.6 is 0 Å². The van der Waals surface area contributed by atoms with Crippen LogP contribution in [0.2, 0.25) is 0 Å². The predicted molar refractivity (Wildman–Crippen MR) is 71.6 cm³/mol. The van der Waals surface area contributed by atoms with Crippen molar-refractivity contribution in [1.29, 1.82) is 0 Å². The van der Waals surface area contributed by atoms with Gasteiger partial charge in [-0.15, -0.1) is 0 Å². The molecule has 0 spiro atoms. The maximum Gasteiger partial charge on any atom is 0.315 e. The molecular formula is C13H26N2O3. The molecule has 2 unspecified atom stereocenters. The van der Waals surface area contributed by atoms with Crippen molar-refractivity contribution in [2.45, 2.75) is 58.9 Å². The van der Waals surface area contributed by atoms with Crippen LogP contribution in [0.4, 0.5) is 4.79 Å². The maximum absolute atomic E-state index is 11.5. The standard InChI is InChI=1S/C13H26N2O3/c1-4-6-7-11(5-2)9-14-13(18)15-10(3)8-12(16)17/h10-11H,4-9H2,1-3H3,(H,16,17)(H2,14,15,18). The first-order chi connectivity index (χ1) is 8.49. The fourth-order valence-corrected chi connectivity index (χ4v) is 1.77. The van der Waals surface area contributed by atoms with Crippen molar-refractivity contribution in [2.75, 3.05) is 6.54 Å². The summed E-state index contributed by atoms with van der Waals surface area (Å²) in [5, 5.41) is 14.0. The Labute approximate surface area is 109 Å². The summed E-state index contributed by atoms with van der Waals surface area (Å²) in [6.45, 7) is 6.61. The number of nitrogens with one attached hydrogen (secondary N) is 2. The molecule has 0 rings (SSSR count). The maximum atomic E-state index is 11.5. The summed E-state index contributed by atoms with van der Waals surface area (Å²) in [6, 6.07) is -0.628. The topological polar surface area (TPSA) is 78.4 Å². The number of amides is 2. The van der Waals surface area contributed by atoms with Crippen molar-refractivity contribution >= 4 is 12.0 Å². The summed E-state index contributed by atoms with van der Waals surface area (Å²) in [5.41, 5.74) is 0. The lowest BCUT2D eigenvalue weighted by atomic mass is 9.99. The molecule has 0 saturated carbocycles. The van der Waals surface area contributed by atoms with Crippen molar-refractivity contribution in [3.05, 3.63) is 0 Å². The van der Waals surface area contributed by atoms with E-state index in [4.69, 9.17) is 5.11 Å². The predicted octanol–water partition coefficient (Wildman–Crippen LogP) is 2.37. The van der Waals surface area contributed by atoms with Crippen molar-refractivity contribution in [2.24, 2.45) is 5.92 Å². The fraction of sp³-hybridized carbons (Fsp3) is 0.846. The van der Waals surface area contributed by atoms with Crippen LogP contribution in [0, 0.1) is 5.92 Å². The Morgan fingerprint density at radius 2 is 1.94 bits per heavy atom. The average Bonchev–Trinajstić information content (AvgIpc) is 2.28. The number of rotatable bonds is 9. The smallest absolute Gasteiger partial charge is 0.315 e. The van der Waals surface area contributed by atoms with Crippen molar-refractivity contribution in [3.63, 3.8) is 0 Å². The molecule has 0 aromatic heterocycles. The van der Waals surface area contributed by atoms with Crippen LogP contribution in [-0.4, -0.2) is 29.7 Å². The zero-order valence-corrected chi connectivity index (χ0v) is 11.7. The van der Waals surface area contributed by atoms with Gasteiger partial charge in [-0.1, -0.05) is 33.1 Å². The molecule has 0 aliphatic carbocycles. The van der Waals surface area contributed by atoms with E-state index in [1.54, 1.807) is 6.92 Å². The van der Waals surface area contributed by atoms with Crippen LogP contribution in [-0.2, 0) is 4.79 Å². The van der Waals surface area contributed by atoms with Gasteiger partial charge in [0.2, 0.25) is 0 Å². The van der Waals surface area contributed by atoms with Gasteiger partial charge in [-0.3, -0.25) is 4.79 Å². The zero-order chi connectivity index (χ0) is 14.0. The highest BCUT2D eigenvalue weighted by atomic mass is 16.4. The SMILES string of the molecule is CCCCC(CC)CNC(=O)NC(C)CC(=O)O. The third kappa shape index (κ3) is 8.84. The highest BCUT2D eigenvalue weighted by Gasteiger charge is 2.12.